The van der Waals surface area contributed by atoms with E-state index in [4.69, 9.17) is 0 Å². The highest BCUT2D eigenvalue weighted by atomic mass is 32.1. The summed E-state index contributed by atoms with van der Waals surface area (Å²) < 4.78 is 1.13. The number of hydrogen-bond donors (Lipinski definition) is 2. The number of carbonyl (C=O) groups excluding carboxylic acids is 1. The molecule has 2 N–H and O–H groups in total. The van der Waals surface area contributed by atoms with Gasteiger partial charge in [-0.25, -0.2) is 9.97 Å². The van der Waals surface area contributed by atoms with Gasteiger partial charge in [-0.15, -0.1) is 11.3 Å². The van der Waals surface area contributed by atoms with E-state index in [0.717, 1.165) is 45.5 Å². The van der Waals surface area contributed by atoms with Crippen molar-refractivity contribution in [2.24, 2.45) is 0 Å². The quantitative estimate of drug-likeness (QED) is 0.640. The van der Waals surface area contributed by atoms with Crippen LogP contribution in [0, 0.1) is 6.92 Å². The summed E-state index contributed by atoms with van der Waals surface area (Å²) in [6.07, 6.45) is 2.44. The van der Waals surface area contributed by atoms with Gasteiger partial charge in [0.25, 0.3) is 5.91 Å². The van der Waals surface area contributed by atoms with Crippen molar-refractivity contribution in [3.8, 4) is 0 Å². The fourth-order valence-electron chi connectivity index (χ4n) is 3.30. The first kappa shape index (κ1) is 17.7. The molecule has 1 aliphatic rings. The summed E-state index contributed by atoms with van der Waals surface area (Å²) in [5.41, 5.74) is 0. The van der Waals surface area contributed by atoms with Crippen molar-refractivity contribution in [1.29, 1.82) is 0 Å². The molecule has 0 spiro atoms. The van der Waals surface area contributed by atoms with Crippen molar-refractivity contribution in [3.05, 3.63) is 47.1 Å². The van der Waals surface area contributed by atoms with Crippen molar-refractivity contribution in [1.82, 2.24) is 15.3 Å². The Balaban J connectivity index is 1.31. The van der Waals surface area contributed by atoms with Crippen LogP contribution < -0.4 is 15.5 Å². The van der Waals surface area contributed by atoms with Gasteiger partial charge in [-0.2, -0.15) is 0 Å². The number of carbonyl (C=O) groups is 1. The molecule has 3 heterocycles. The summed E-state index contributed by atoms with van der Waals surface area (Å²) in [5, 5.41) is 7.37. The monoisotopic (exact) mass is 381 g/mol. The van der Waals surface area contributed by atoms with E-state index in [1.807, 2.05) is 43.3 Å². The number of anilines is 2. The van der Waals surface area contributed by atoms with Crippen LogP contribution >= 0.6 is 11.3 Å². The molecule has 0 saturated carbocycles. The number of hydrogen-bond acceptors (Lipinski definition) is 6. The minimum absolute atomic E-state index is 0.0328. The predicted octanol–water partition coefficient (Wildman–Crippen LogP) is 3.44. The third-order valence-electron chi connectivity index (χ3n) is 4.62. The van der Waals surface area contributed by atoms with Crippen molar-refractivity contribution >= 4 is 39.0 Å². The van der Waals surface area contributed by atoms with Gasteiger partial charge in [0.05, 0.1) is 4.88 Å². The fraction of sp³-hybridized carbons (Fsp3) is 0.350. The lowest BCUT2D eigenvalue weighted by Gasteiger charge is -2.17. The van der Waals surface area contributed by atoms with Gasteiger partial charge in [-0.1, -0.05) is 18.2 Å². The molecule has 7 heteroatoms. The first-order valence-corrected chi connectivity index (χ1v) is 10.1. The van der Waals surface area contributed by atoms with Gasteiger partial charge in [-0.05, 0) is 37.3 Å². The second kappa shape index (κ2) is 7.92. The van der Waals surface area contributed by atoms with E-state index in [2.05, 4.69) is 25.5 Å². The molecular weight excluding hydrogens is 358 g/mol. The molecule has 1 fully saturated rings. The molecule has 1 aromatic carbocycles. The Morgan fingerprint density at radius 3 is 2.78 bits per heavy atom. The number of aryl methyl sites for hydroxylation is 1. The zero-order valence-electron chi connectivity index (χ0n) is 15.4. The molecule has 0 unspecified atom stereocenters. The van der Waals surface area contributed by atoms with Gasteiger partial charge >= 0.3 is 0 Å². The van der Waals surface area contributed by atoms with Gasteiger partial charge in [0.15, 0.2) is 0 Å². The fourth-order valence-corrected chi connectivity index (χ4v) is 4.28. The number of nitrogens with zero attached hydrogens (tertiary/aromatic N) is 3. The lowest BCUT2D eigenvalue weighted by Crippen LogP contribution is -2.28. The second-order valence-corrected chi connectivity index (χ2v) is 7.77. The molecule has 4 rings (SSSR count). The molecule has 0 atom stereocenters. The van der Waals surface area contributed by atoms with E-state index in [0.29, 0.717) is 13.1 Å². The highest BCUT2D eigenvalue weighted by Crippen LogP contribution is 2.25. The Kier molecular flexibility index (Phi) is 5.20. The van der Waals surface area contributed by atoms with Crippen molar-refractivity contribution in [2.45, 2.75) is 19.8 Å². The first-order chi connectivity index (χ1) is 13.2. The molecule has 6 nitrogen and oxygen atoms in total. The largest absolute Gasteiger partial charge is 0.368 e. The lowest BCUT2D eigenvalue weighted by atomic mass is 10.2. The smallest absolute Gasteiger partial charge is 0.261 e. The van der Waals surface area contributed by atoms with Gasteiger partial charge in [0.1, 0.15) is 17.5 Å². The van der Waals surface area contributed by atoms with Gasteiger partial charge in [0.2, 0.25) is 0 Å². The Morgan fingerprint density at radius 1 is 1.15 bits per heavy atom. The van der Waals surface area contributed by atoms with Crippen molar-refractivity contribution < 1.29 is 4.79 Å². The van der Waals surface area contributed by atoms with E-state index < -0.39 is 0 Å². The maximum absolute atomic E-state index is 12.3. The zero-order chi connectivity index (χ0) is 18.6. The van der Waals surface area contributed by atoms with Gasteiger partial charge in [-0.3, -0.25) is 4.79 Å². The second-order valence-electron chi connectivity index (χ2n) is 6.68. The zero-order valence-corrected chi connectivity index (χ0v) is 16.2. The van der Waals surface area contributed by atoms with Gasteiger partial charge < -0.3 is 15.5 Å². The first-order valence-electron chi connectivity index (χ1n) is 9.30. The number of thiophene rings is 1. The van der Waals surface area contributed by atoms with Crippen molar-refractivity contribution in [2.75, 3.05) is 36.4 Å². The van der Waals surface area contributed by atoms with Crippen LogP contribution in [0.25, 0.3) is 10.1 Å². The third-order valence-corrected chi connectivity index (χ3v) is 5.74. The summed E-state index contributed by atoms with van der Waals surface area (Å²) >= 11 is 1.52. The lowest BCUT2D eigenvalue weighted by molar-refractivity contribution is 0.0959. The van der Waals surface area contributed by atoms with Crippen LogP contribution in [0.5, 0.6) is 0 Å². The summed E-state index contributed by atoms with van der Waals surface area (Å²) in [5.74, 6) is 2.52. The maximum Gasteiger partial charge on any atom is 0.261 e. The molecule has 27 heavy (non-hydrogen) atoms. The van der Waals surface area contributed by atoms with Crippen LogP contribution in [0.15, 0.2) is 36.4 Å². The molecule has 140 valence electrons. The maximum atomic E-state index is 12.3. The topological polar surface area (TPSA) is 70.2 Å². The van der Waals surface area contributed by atoms with Crippen molar-refractivity contribution in [3.63, 3.8) is 0 Å². The minimum Gasteiger partial charge on any atom is -0.368 e. The normalized spacial score (nSPS) is 13.9. The molecular formula is C20H23N5OS. The Bertz CT molecular complexity index is 915. The van der Waals surface area contributed by atoms with E-state index in [-0.39, 0.29) is 5.91 Å². The average molecular weight is 382 g/mol. The summed E-state index contributed by atoms with van der Waals surface area (Å²) in [7, 11) is 0. The predicted molar refractivity (Wildman–Crippen MR) is 111 cm³/mol. The number of fused-ring (bicyclic) bond motifs is 1. The molecule has 0 bridgehead atoms. The van der Waals surface area contributed by atoms with E-state index in [9.17, 15) is 4.79 Å². The summed E-state index contributed by atoms with van der Waals surface area (Å²) in [6, 6.07) is 12.0. The molecule has 1 aliphatic heterocycles. The number of benzene rings is 1. The highest BCUT2D eigenvalue weighted by molar-refractivity contribution is 7.20. The van der Waals surface area contributed by atoms with Crippen LogP contribution in [0.1, 0.15) is 28.3 Å². The van der Waals surface area contributed by atoms with Gasteiger partial charge in [0, 0.05) is 36.9 Å². The van der Waals surface area contributed by atoms with E-state index in [1.165, 1.54) is 24.2 Å². The molecule has 0 aliphatic carbocycles. The van der Waals surface area contributed by atoms with Crippen LogP contribution in [0.4, 0.5) is 11.6 Å². The van der Waals surface area contributed by atoms with Crippen LogP contribution in [0.3, 0.4) is 0 Å². The number of nitrogens with one attached hydrogen (secondary N) is 2. The van der Waals surface area contributed by atoms with Crippen LogP contribution in [-0.2, 0) is 0 Å². The van der Waals surface area contributed by atoms with E-state index in [1.54, 1.807) is 0 Å². The number of rotatable bonds is 6. The minimum atomic E-state index is -0.0328. The SMILES string of the molecule is Cc1nc(NCCNC(=O)c2cc3ccccc3s2)cc(N2CCCC2)n1. The molecule has 2 aromatic heterocycles. The third kappa shape index (κ3) is 4.19. The average Bonchev–Trinajstić information content (AvgIpc) is 3.34. The Morgan fingerprint density at radius 2 is 1.96 bits per heavy atom. The molecule has 0 radical (unpaired) electrons. The van der Waals surface area contributed by atoms with Crippen LogP contribution in [-0.4, -0.2) is 42.1 Å². The standard InChI is InChI=1S/C20H23N5OS/c1-14-23-18(13-19(24-14)25-10-4-5-11-25)21-8-9-22-20(26)17-12-15-6-2-3-7-16(15)27-17/h2-3,6-7,12-13H,4-5,8-11H2,1H3,(H,22,26)(H,21,23,24). The summed E-state index contributed by atoms with van der Waals surface area (Å²) in [4.78, 5) is 24.4. The molecule has 1 saturated heterocycles. The number of amides is 1. The Hall–Kier alpha value is -2.67. The molecule has 3 aromatic rings. The molecule has 1 amide bonds. The number of aromatic nitrogens is 2. The van der Waals surface area contributed by atoms with E-state index >= 15 is 0 Å². The summed E-state index contributed by atoms with van der Waals surface area (Å²) in [6.45, 7) is 5.18. The highest BCUT2D eigenvalue weighted by Gasteiger charge is 2.15. The Labute approximate surface area is 162 Å². The van der Waals surface area contributed by atoms with Crippen LogP contribution in [0.2, 0.25) is 0 Å².